The van der Waals surface area contributed by atoms with Gasteiger partial charge < -0.3 is 9.67 Å². The zero-order valence-corrected chi connectivity index (χ0v) is 14.1. The number of rotatable bonds is 6. The van der Waals surface area contributed by atoms with E-state index in [1.54, 1.807) is 4.57 Å². The highest BCUT2D eigenvalue weighted by Gasteiger charge is 2.18. The summed E-state index contributed by atoms with van der Waals surface area (Å²) in [4.78, 5) is 1.11. The SMILES string of the molecule is CCn1cc(S(=O)(=O)NCc2ccc(Br)s2)cc1CO. The Bertz CT molecular complexity index is 670. The normalized spacial score (nSPS) is 11.9. The number of halogens is 1. The first-order valence-electron chi connectivity index (χ1n) is 6.00. The van der Waals surface area contributed by atoms with E-state index in [0.717, 1.165) is 8.66 Å². The van der Waals surface area contributed by atoms with Gasteiger partial charge in [-0.15, -0.1) is 11.3 Å². The Kier molecular flexibility index (Phi) is 5.03. The third kappa shape index (κ3) is 3.50. The summed E-state index contributed by atoms with van der Waals surface area (Å²) in [5, 5.41) is 9.20. The monoisotopic (exact) mass is 378 g/mol. The van der Waals surface area contributed by atoms with Crippen molar-refractivity contribution >= 4 is 37.3 Å². The van der Waals surface area contributed by atoms with Crippen LogP contribution in [0.3, 0.4) is 0 Å². The zero-order chi connectivity index (χ0) is 14.8. The molecular weight excluding hydrogens is 364 g/mol. The van der Waals surface area contributed by atoms with E-state index in [0.29, 0.717) is 12.2 Å². The van der Waals surface area contributed by atoms with Crippen LogP contribution in [0.4, 0.5) is 0 Å². The van der Waals surface area contributed by atoms with Crippen LogP contribution in [0.2, 0.25) is 0 Å². The molecule has 0 saturated carbocycles. The molecule has 0 atom stereocenters. The Hall–Kier alpha value is -0.670. The van der Waals surface area contributed by atoms with E-state index in [1.807, 2.05) is 19.1 Å². The maximum atomic E-state index is 12.2. The second kappa shape index (κ2) is 6.40. The molecule has 2 aromatic rings. The fraction of sp³-hybridized carbons (Fsp3) is 0.333. The van der Waals surface area contributed by atoms with E-state index in [1.165, 1.54) is 23.6 Å². The molecule has 8 heteroatoms. The fourth-order valence-corrected chi connectivity index (χ4v) is 4.38. The molecule has 20 heavy (non-hydrogen) atoms. The number of sulfonamides is 1. The molecule has 2 N–H and O–H groups in total. The number of thiophene rings is 1. The van der Waals surface area contributed by atoms with Gasteiger partial charge in [-0.2, -0.15) is 0 Å². The number of aryl methyl sites for hydroxylation is 1. The summed E-state index contributed by atoms with van der Waals surface area (Å²) in [6.45, 7) is 2.58. The van der Waals surface area contributed by atoms with Gasteiger partial charge in [-0.1, -0.05) is 0 Å². The standard InChI is InChI=1S/C12H15BrN2O3S2/c1-2-15-7-11(5-9(15)8-16)20(17,18)14-6-10-3-4-12(13)19-10/h3-5,7,14,16H,2,6,8H2,1H3. The van der Waals surface area contributed by atoms with Crippen LogP contribution in [0.1, 0.15) is 17.5 Å². The van der Waals surface area contributed by atoms with E-state index >= 15 is 0 Å². The Morgan fingerprint density at radius 2 is 2.20 bits per heavy atom. The number of hydrogen-bond acceptors (Lipinski definition) is 4. The van der Waals surface area contributed by atoms with Crippen LogP contribution < -0.4 is 4.72 Å². The minimum atomic E-state index is -3.56. The quantitative estimate of drug-likeness (QED) is 0.809. The van der Waals surface area contributed by atoms with Gasteiger partial charge in [0.15, 0.2) is 0 Å². The lowest BCUT2D eigenvalue weighted by Crippen LogP contribution is -2.22. The Balaban J connectivity index is 2.15. The summed E-state index contributed by atoms with van der Waals surface area (Å²) in [5.41, 5.74) is 0.590. The number of nitrogens with one attached hydrogen (secondary N) is 1. The minimum Gasteiger partial charge on any atom is -0.390 e. The van der Waals surface area contributed by atoms with Crippen LogP contribution in [-0.4, -0.2) is 18.1 Å². The molecule has 2 heterocycles. The predicted molar refractivity (Wildman–Crippen MR) is 82.1 cm³/mol. The van der Waals surface area contributed by atoms with Crippen molar-refractivity contribution in [1.82, 2.24) is 9.29 Å². The molecule has 2 aromatic heterocycles. The van der Waals surface area contributed by atoms with Crippen molar-refractivity contribution in [3.8, 4) is 0 Å². The van der Waals surface area contributed by atoms with Crippen molar-refractivity contribution in [1.29, 1.82) is 0 Å². The molecule has 0 unspecified atom stereocenters. The third-order valence-corrected chi connectivity index (χ3v) is 5.83. The maximum Gasteiger partial charge on any atom is 0.242 e. The van der Waals surface area contributed by atoms with Gasteiger partial charge in [0.05, 0.1) is 15.3 Å². The van der Waals surface area contributed by atoms with Crippen molar-refractivity contribution in [2.45, 2.75) is 31.5 Å². The molecule has 5 nitrogen and oxygen atoms in total. The molecule has 0 radical (unpaired) electrons. The van der Waals surface area contributed by atoms with Crippen LogP contribution >= 0.6 is 27.3 Å². The highest BCUT2D eigenvalue weighted by atomic mass is 79.9. The summed E-state index contributed by atoms with van der Waals surface area (Å²) in [6, 6.07) is 5.25. The largest absolute Gasteiger partial charge is 0.390 e. The average molecular weight is 379 g/mol. The molecule has 0 aliphatic rings. The lowest BCUT2D eigenvalue weighted by atomic mass is 10.4. The summed E-state index contributed by atoms with van der Waals surface area (Å²) >= 11 is 4.82. The first-order chi connectivity index (χ1) is 9.46. The van der Waals surface area contributed by atoms with E-state index in [4.69, 9.17) is 0 Å². The fourth-order valence-electron chi connectivity index (χ4n) is 1.79. The maximum absolute atomic E-state index is 12.2. The van der Waals surface area contributed by atoms with Gasteiger partial charge in [-0.3, -0.25) is 0 Å². The van der Waals surface area contributed by atoms with Crippen LogP contribution in [-0.2, 0) is 29.7 Å². The predicted octanol–water partition coefficient (Wildman–Crippen LogP) is 2.30. The molecule has 0 bridgehead atoms. The molecule has 0 aliphatic carbocycles. The molecule has 0 spiro atoms. The third-order valence-electron chi connectivity index (χ3n) is 2.84. The van der Waals surface area contributed by atoms with E-state index in [2.05, 4.69) is 20.7 Å². The number of aliphatic hydroxyl groups is 1. The van der Waals surface area contributed by atoms with Gasteiger partial charge in [-0.25, -0.2) is 13.1 Å². The molecular formula is C12H15BrN2O3S2. The highest BCUT2D eigenvalue weighted by molar-refractivity contribution is 9.11. The molecule has 0 amide bonds. The number of nitrogens with zero attached hydrogens (tertiary/aromatic N) is 1. The van der Waals surface area contributed by atoms with Crippen LogP contribution in [0.25, 0.3) is 0 Å². The number of hydrogen-bond donors (Lipinski definition) is 2. The van der Waals surface area contributed by atoms with Crippen molar-refractivity contribution in [2.24, 2.45) is 0 Å². The Morgan fingerprint density at radius 3 is 2.70 bits per heavy atom. The summed E-state index contributed by atoms with van der Waals surface area (Å²) in [5.74, 6) is 0. The molecule has 110 valence electrons. The minimum absolute atomic E-state index is 0.179. The summed E-state index contributed by atoms with van der Waals surface area (Å²) in [6.07, 6.45) is 1.54. The summed E-state index contributed by atoms with van der Waals surface area (Å²) in [7, 11) is -3.56. The van der Waals surface area contributed by atoms with Gasteiger partial charge in [0.25, 0.3) is 0 Å². The second-order valence-electron chi connectivity index (χ2n) is 4.14. The second-order valence-corrected chi connectivity index (χ2v) is 8.46. The van der Waals surface area contributed by atoms with E-state index in [9.17, 15) is 13.5 Å². The van der Waals surface area contributed by atoms with Gasteiger partial charge >= 0.3 is 0 Å². The topological polar surface area (TPSA) is 71.3 Å². The first kappa shape index (κ1) is 15.7. The van der Waals surface area contributed by atoms with Crippen molar-refractivity contribution < 1.29 is 13.5 Å². The first-order valence-corrected chi connectivity index (χ1v) is 9.09. The van der Waals surface area contributed by atoms with Gasteiger partial charge in [0, 0.05) is 29.9 Å². The molecule has 0 aromatic carbocycles. The van der Waals surface area contributed by atoms with Crippen LogP contribution in [0.5, 0.6) is 0 Å². The zero-order valence-electron chi connectivity index (χ0n) is 10.8. The molecule has 0 aliphatic heterocycles. The van der Waals surface area contributed by atoms with Gasteiger partial charge in [0.2, 0.25) is 10.0 Å². The molecule has 2 rings (SSSR count). The highest BCUT2D eigenvalue weighted by Crippen LogP contribution is 2.22. The lowest BCUT2D eigenvalue weighted by Gasteiger charge is -2.03. The van der Waals surface area contributed by atoms with Gasteiger partial charge in [0.1, 0.15) is 0 Å². The van der Waals surface area contributed by atoms with Crippen molar-refractivity contribution in [2.75, 3.05) is 0 Å². The number of aliphatic hydroxyl groups excluding tert-OH is 1. The van der Waals surface area contributed by atoms with Crippen LogP contribution in [0, 0.1) is 0 Å². The Morgan fingerprint density at radius 1 is 1.45 bits per heavy atom. The van der Waals surface area contributed by atoms with Crippen molar-refractivity contribution in [3.63, 3.8) is 0 Å². The van der Waals surface area contributed by atoms with Crippen molar-refractivity contribution in [3.05, 3.63) is 38.8 Å². The Labute approximate surface area is 130 Å². The number of aromatic nitrogens is 1. The smallest absolute Gasteiger partial charge is 0.242 e. The molecule has 0 fully saturated rings. The average Bonchev–Trinajstić information content (AvgIpc) is 3.02. The van der Waals surface area contributed by atoms with Gasteiger partial charge in [-0.05, 0) is 41.1 Å². The summed E-state index contributed by atoms with van der Waals surface area (Å²) < 4.78 is 29.6. The van der Waals surface area contributed by atoms with Crippen LogP contribution in [0.15, 0.2) is 33.1 Å². The van der Waals surface area contributed by atoms with E-state index in [-0.39, 0.29) is 18.0 Å². The molecule has 0 saturated heterocycles. The van der Waals surface area contributed by atoms with E-state index < -0.39 is 10.0 Å². The lowest BCUT2D eigenvalue weighted by molar-refractivity contribution is 0.271.